The van der Waals surface area contributed by atoms with Gasteiger partial charge in [0, 0.05) is 38.5 Å². The molecule has 0 saturated carbocycles. The van der Waals surface area contributed by atoms with E-state index in [1.807, 2.05) is 29.2 Å². The molecule has 0 bridgehead atoms. The number of hydrogen-bond acceptors (Lipinski definition) is 4. The molecule has 1 aromatic carbocycles. The first kappa shape index (κ1) is 17.9. The number of amides is 2. The fourth-order valence-corrected chi connectivity index (χ4v) is 3.33. The van der Waals surface area contributed by atoms with Crippen LogP contribution in [0.4, 0.5) is 5.69 Å². The topological polar surface area (TPSA) is 61.9 Å². The van der Waals surface area contributed by atoms with Gasteiger partial charge in [-0.2, -0.15) is 0 Å². The summed E-state index contributed by atoms with van der Waals surface area (Å²) in [6.07, 6.45) is 2.54. The Balaban J connectivity index is 1.41. The van der Waals surface area contributed by atoms with Crippen LogP contribution in [0.1, 0.15) is 25.3 Å². The highest BCUT2D eigenvalue weighted by atomic mass is 16.5. The Hall–Kier alpha value is -1.92. The summed E-state index contributed by atoms with van der Waals surface area (Å²) in [5.74, 6) is 0.0979. The smallest absolute Gasteiger partial charge is 0.251 e. The first-order valence-corrected chi connectivity index (χ1v) is 9.17. The highest BCUT2D eigenvalue weighted by Gasteiger charge is 2.30. The van der Waals surface area contributed by atoms with Gasteiger partial charge in [-0.3, -0.25) is 14.5 Å². The van der Waals surface area contributed by atoms with Gasteiger partial charge >= 0.3 is 0 Å². The minimum absolute atomic E-state index is 0.0110. The van der Waals surface area contributed by atoms with Crippen LogP contribution in [0.15, 0.2) is 24.3 Å². The van der Waals surface area contributed by atoms with Crippen LogP contribution in [-0.2, 0) is 20.7 Å². The fraction of sp³-hybridized carbons (Fsp3) is 0.579. The molecule has 0 spiro atoms. The quantitative estimate of drug-likeness (QED) is 0.879. The van der Waals surface area contributed by atoms with E-state index >= 15 is 0 Å². The average molecular weight is 345 g/mol. The number of hydrogen-bond donors (Lipinski definition) is 1. The molecule has 6 nitrogen and oxygen atoms in total. The van der Waals surface area contributed by atoms with Crippen LogP contribution in [0.25, 0.3) is 0 Å². The molecule has 2 aliphatic heterocycles. The molecule has 3 rings (SSSR count). The number of anilines is 1. The molecule has 25 heavy (non-hydrogen) atoms. The summed E-state index contributed by atoms with van der Waals surface area (Å²) in [5.41, 5.74) is 2.08. The molecule has 2 heterocycles. The highest BCUT2D eigenvalue weighted by molar-refractivity contribution is 5.92. The van der Waals surface area contributed by atoms with Gasteiger partial charge in [0.2, 0.25) is 5.91 Å². The van der Waals surface area contributed by atoms with Crippen LogP contribution >= 0.6 is 0 Å². The highest BCUT2D eigenvalue weighted by Crippen LogP contribution is 2.16. The van der Waals surface area contributed by atoms with E-state index in [0.29, 0.717) is 26.2 Å². The maximum absolute atomic E-state index is 12.3. The Kier molecular flexibility index (Phi) is 6.04. The monoisotopic (exact) mass is 345 g/mol. The van der Waals surface area contributed by atoms with Crippen molar-refractivity contribution < 1.29 is 14.3 Å². The number of ether oxygens (including phenoxy) is 1. The lowest BCUT2D eigenvalue weighted by atomic mass is 10.1. The summed E-state index contributed by atoms with van der Waals surface area (Å²) in [6.45, 7) is 5.93. The maximum Gasteiger partial charge on any atom is 0.251 e. The molecule has 0 radical (unpaired) electrons. The van der Waals surface area contributed by atoms with Gasteiger partial charge in [-0.25, -0.2) is 0 Å². The zero-order chi connectivity index (χ0) is 17.6. The van der Waals surface area contributed by atoms with E-state index in [0.717, 1.165) is 38.0 Å². The van der Waals surface area contributed by atoms with Crippen LogP contribution in [0, 0.1) is 0 Å². The Bertz CT molecular complexity index is 588. The summed E-state index contributed by atoms with van der Waals surface area (Å²) in [7, 11) is 0. The summed E-state index contributed by atoms with van der Waals surface area (Å²) in [5, 5.41) is 2.94. The van der Waals surface area contributed by atoms with Gasteiger partial charge in [-0.05, 0) is 37.0 Å². The average Bonchev–Trinajstić information content (AvgIpc) is 3.17. The van der Waals surface area contributed by atoms with Crippen molar-refractivity contribution in [2.45, 2.75) is 32.3 Å². The number of piperazine rings is 1. The van der Waals surface area contributed by atoms with Crippen molar-refractivity contribution in [2.24, 2.45) is 0 Å². The van der Waals surface area contributed by atoms with E-state index in [-0.39, 0.29) is 17.9 Å². The molecule has 2 saturated heterocycles. The van der Waals surface area contributed by atoms with Gasteiger partial charge in [0.1, 0.15) is 6.10 Å². The minimum Gasteiger partial charge on any atom is -0.368 e. The molecule has 1 atom stereocenters. The van der Waals surface area contributed by atoms with Crippen molar-refractivity contribution in [3.63, 3.8) is 0 Å². The van der Waals surface area contributed by atoms with E-state index in [1.54, 1.807) is 0 Å². The molecule has 2 aliphatic rings. The molecule has 2 fully saturated rings. The third kappa shape index (κ3) is 4.80. The predicted molar refractivity (Wildman–Crippen MR) is 96.4 cm³/mol. The van der Waals surface area contributed by atoms with Crippen molar-refractivity contribution in [3.8, 4) is 0 Å². The predicted octanol–water partition coefficient (Wildman–Crippen LogP) is 1.51. The van der Waals surface area contributed by atoms with Crippen LogP contribution < -0.4 is 5.32 Å². The van der Waals surface area contributed by atoms with Crippen molar-refractivity contribution >= 4 is 17.5 Å². The number of benzene rings is 1. The molecule has 1 N–H and O–H groups in total. The molecule has 1 aromatic rings. The SMILES string of the molecule is CCc1ccc(NC(=O)CN2CCN(C(=O)[C@@H]3CCCO3)CC2)cc1. The maximum atomic E-state index is 12.3. The van der Waals surface area contributed by atoms with Gasteiger partial charge in [-0.15, -0.1) is 0 Å². The Labute approximate surface area is 149 Å². The summed E-state index contributed by atoms with van der Waals surface area (Å²) in [4.78, 5) is 28.5. The fourth-order valence-electron chi connectivity index (χ4n) is 3.33. The standard InChI is InChI=1S/C19H27N3O3/c1-2-15-5-7-16(8-6-15)20-18(23)14-21-9-11-22(12-10-21)19(24)17-4-3-13-25-17/h5-8,17H,2-4,9-14H2,1H3,(H,20,23)/t17-/m0/s1. The van der Waals surface area contributed by atoms with Crippen molar-refractivity contribution in [1.82, 2.24) is 9.80 Å². The molecule has 136 valence electrons. The van der Waals surface area contributed by atoms with Gasteiger partial charge in [0.25, 0.3) is 5.91 Å². The van der Waals surface area contributed by atoms with Crippen LogP contribution in [0.3, 0.4) is 0 Å². The van der Waals surface area contributed by atoms with Crippen molar-refractivity contribution in [2.75, 3.05) is 44.6 Å². The first-order chi connectivity index (χ1) is 12.2. The lowest BCUT2D eigenvalue weighted by Crippen LogP contribution is -2.52. The summed E-state index contributed by atoms with van der Waals surface area (Å²) < 4.78 is 5.47. The second-order valence-electron chi connectivity index (χ2n) is 6.70. The van der Waals surface area contributed by atoms with Crippen LogP contribution in [0.5, 0.6) is 0 Å². The van der Waals surface area contributed by atoms with Gasteiger partial charge in [0.05, 0.1) is 6.54 Å². The van der Waals surface area contributed by atoms with Crippen molar-refractivity contribution in [1.29, 1.82) is 0 Å². The number of rotatable bonds is 5. The molecule has 2 amide bonds. The minimum atomic E-state index is -0.249. The molecule has 0 unspecified atom stereocenters. The second-order valence-corrected chi connectivity index (χ2v) is 6.70. The molecular formula is C19H27N3O3. The van der Waals surface area contributed by atoms with Crippen LogP contribution in [0.2, 0.25) is 0 Å². The van der Waals surface area contributed by atoms with E-state index in [9.17, 15) is 9.59 Å². The van der Waals surface area contributed by atoms with Crippen molar-refractivity contribution in [3.05, 3.63) is 29.8 Å². The third-order valence-electron chi connectivity index (χ3n) is 4.90. The normalized spacial score (nSPS) is 21.3. The third-order valence-corrected chi connectivity index (χ3v) is 4.90. The number of nitrogens with zero attached hydrogens (tertiary/aromatic N) is 2. The van der Waals surface area contributed by atoms with E-state index in [4.69, 9.17) is 4.74 Å². The summed E-state index contributed by atoms with van der Waals surface area (Å²) in [6, 6.07) is 7.94. The molecule has 0 aliphatic carbocycles. The second kappa shape index (κ2) is 8.45. The lowest BCUT2D eigenvalue weighted by Gasteiger charge is -2.35. The zero-order valence-corrected chi connectivity index (χ0v) is 14.9. The van der Waals surface area contributed by atoms with Gasteiger partial charge < -0.3 is 15.0 Å². The largest absolute Gasteiger partial charge is 0.368 e. The molecular weight excluding hydrogens is 318 g/mol. The number of carbonyl (C=O) groups excluding carboxylic acids is 2. The molecule has 6 heteroatoms. The van der Waals surface area contributed by atoms with Gasteiger partial charge in [0.15, 0.2) is 0 Å². The first-order valence-electron chi connectivity index (χ1n) is 9.17. The zero-order valence-electron chi connectivity index (χ0n) is 14.9. The van der Waals surface area contributed by atoms with Gasteiger partial charge in [-0.1, -0.05) is 19.1 Å². The number of aryl methyl sites for hydroxylation is 1. The van der Waals surface area contributed by atoms with Crippen LogP contribution in [-0.4, -0.2) is 67.0 Å². The Morgan fingerprint density at radius 2 is 1.88 bits per heavy atom. The van der Waals surface area contributed by atoms with E-state index in [2.05, 4.69) is 17.1 Å². The van der Waals surface area contributed by atoms with E-state index < -0.39 is 0 Å². The summed E-state index contributed by atoms with van der Waals surface area (Å²) >= 11 is 0. The number of nitrogens with one attached hydrogen (secondary N) is 1. The Morgan fingerprint density at radius 3 is 2.48 bits per heavy atom. The van der Waals surface area contributed by atoms with E-state index in [1.165, 1.54) is 5.56 Å². The lowest BCUT2D eigenvalue weighted by molar-refractivity contribution is -0.142. The Morgan fingerprint density at radius 1 is 1.16 bits per heavy atom. The molecule has 0 aromatic heterocycles. The number of carbonyl (C=O) groups is 2.